The minimum absolute atomic E-state index is 0.00724. The lowest BCUT2D eigenvalue weighted by Crippen LogP contribution is -2.13. The predicted octanol–water partition coefficient (Wildman–Crippen LogP) is 2.77. The van der Waals surface area contributed by atoms with Gasteiger partial charge in [0.15, 0.2) is 5.69 Å². The van der Waals surface area contributed by atoms with Crippen molar-refractivity contribution in [1.82, 2.24) is 15.0 Å². The Labute approximate surface area is 150 Å². The van der Waals surface area contributed by atoms with Crippen molar-refractivity contribution in [2.24, 2.45) is 0 Å². The van der Waals surface area contributed by atoms with Gasteiger partial charge in [0.2, 0.25) is 0 Å². The third kappa shape index (κ3) is 2.61. The van der Waals surface area contributed by atoms with E-state index < -0.39 is 16.5 Å². The van der Waals surface area contributed by atoms with E-state index in [1.165, 1.54) is 25.3 Å². The third-order valence-electron chi connectivity index (χ3n) is 4.21. The maximum absolute atomic E-state index is 12.5. The average Bonchev–Trinajstić information content (AvgIpc) is 3.06. The van der Waals surface area contributed by atoms with Gasteiger partial charge >= 0.3 is 11.7 Å². The van der Waals surface area contributed by atoms with Crippen molar-refractivity contribution in [3.8, 4) is 11.4 Å². The molecule has 0 bridgehead atoms. The molecule has 2 aromatic heterocycles. The van der Waals surface area contributed by atoms with E-state index in [9.17, 15) is 19.7 Å². The van der Waals surface area contributed by atoms with Crippen molar-refractivity contribution < 1.29 is 14.5 Å². The molecule has 0 aliphatic carbocycles. The lowest BCUT2D eigenvalue weighted by molar-refractivity contribution is -0.382. The molecule has 27 heavy (non-hydrogen) atoms. The van der Waals surface area contributed by atoms with Crippen LogP contribution in [0.4, 0.5) is 5.69 Å². The highest BCUT2D eigenvalue weighted by Gasteiger charge is 2.26. The molecule has 9 heteroatoms. The van der Waals surface area contributed by atoms with Gasteiger partial charge in [-0.1, -0.05) is 12.1 Å². The maximum atomic E-state index is 12.5. The van der Waals surface area contributed by atoms with Gasteiger partial charge in [0, 0.05) is 0 Å². The standard InChI is InChI=1S/C18H12N4O5/c1-27-18(24)9-6-7-12-13(8-9)20-15(17(23)21-12)14-16(22(25)26)10-4-2-3-5-11(10)19-14/h2-8,19H,1H3,(H,21,23). The minimum atomic E-state index is -0.581. The van der Waals surface area contributed by atoms with Crippen LogP contribution in [0, 0.1) is 10.1 Å². The molecule has 0 aliphatic rings. The normalized spacial score (nSPS) is 11.0. The van der Waals surface area contributed by atoms with E-state index in [2.05, 4.69) is 19.7 Å². The van der Waals surface area contributed by atoms with Crippen LogP contribution in [0.3, 0.4) is 0 Å². The number of aromatic nitrogens is 3. The third-order valence-corrected chi connectivity index (χ3v) is 4.21. The molecular weight excluding hydrogens is 352 g/mol. The molecule has 0 unspecified atom stereocenters. The second-order valence-corrected chi connectivity index (χ2v) is 5.79. The fourth-order valence-corrected chi connectivity index (χ4v) is 2.98. The molecule has 4 aromatic rings. The van der Waals surface area contributed by atoms with Crippen LogP contribution in [0.2, 0.25) is 0 Å². The Bertz CT molecular complexity index is 1290. The Morgan fingerprint density at radius 2 is 1.93 bits per heavy atom. The molecule has 4 rings (SSSR count). The molecule has 2 heterocycles. The zero-order valence-corrected chi connectivity index (χ0v) is 14.0. The first-order valence-corrected chi connectivity index (χ1v) is 7.87. The molecule has 2 aromatic carbocycles. The first-order valence-electron chi connectivity index (χ1n) is 7.87. The topological polar surface area (TPSA) is 131 Å². The molecule has 9 nitrogen and oxygen atoms in total. The molecule has 0 atom stereocenters. The van der Waals surface area contributed by atoms with E-state index in [0.29, 0.717) is 21.9 Å². The molecule has 0 amide bonds. The van der Waals surface area contributed by atoms with Crippen LogP contribution in [0.5, 0.6) is 0 Å². The van der Waals surface area contributed by atoms with Crippen molar-refractivity contribution in [3.63, 3.8) is 0 Å². The van der Waals surface area contributed by atoms with Gasteiger partial charge in [-0.15, -0.1) is 0 Å². The molecule has 0 saturated carbocycles. The largest absolute Gasteiger partial charge is 0.465 e. The number of benzene rings is 2. The summed E-state index contributed by atoms with van der Waals surface area (Å²) in [7, 11) is 1.26. The number of carbonyl (C=O) groups is 1. The van der Waals surface area contributed by atoms with Crippen molar-refractivity contribution in [3.05, 3.63) is 68.5 Å². The Morgan fingerprint density at radius 1 is 1.15 bits per heavy atom. The number of hydrogen-bond donors (Lipinski definition) is 2. The number of hydrogen-bond acceptors (Lipinski definition) is 6. The van der Waals surface area contributed by atoms with Crippen molar-refractivity contribution in [2.45, 2.75) is 0 Å². The number of H-pyrrole nitrogens is 2. The summed E-state index contributed by atoms with van der Waals surface area (Å²) in [5.41, 5.74) is 0.538. The van der Waals surface area contributed by atoms with Crippen LogP contribution in [-0.4, -0.2) is 33.0 Å². The van der Waals surface area contributed by atoms with E-state index >= 15 is 0 Å². The van der Waals surface area contributed by atoms with E-state index in [1.54, 1.807) is 24.3 Å². The number of rotatable bonds is 3. The second kappa shape index (κ2) is 6.06. The molecule has 0 fully saturated rings. The molecule has 0 radical (unpaired) electrons. The summed E-state index contributed by atoms with van der Waals surface area (Å²) in [6.07, 6.45) is 0. The number of para-hydroxylation sites is 1. The summed E-state index contributed by atoms with van der Waals surface area (Å²) in [6, 6.07) is 11.2. The highest BCUT2D eigenvalue weighted by atomic mass is 16.6. The maximum Gasteiger partial charge on any atom is 0.337 e. The van der Waals surface area contributed by atoms with Crippen molar-refractivity contribution in [1.29, 1.82) is 0 Å². The van der Waals surface area contributed by atoms with E-state index in [4.69, 9.17) is 0 Å². The number of nitrogens with one attached hydrogen (secondary N) is 2. The van der Waals surface area contributed by atoms with Gasteiger partial charge < -0.3 is 14.7 Å². The Balaban J connectivity index is 2.01. The average molecular weight is 364 g/mol. The summed E-state index contributed by atoms with van der Waals surface area (Å²) in [5, 5.41) is 12.0. The predicted molar refractivity (Wildman–Crippen MR) is 97.7 cm³/mol. The van der Waals surface area contributed by atoms with Crippen LogP contribution < -0.4 is 5.56 Å². The zero-order valence-electron chi connectivity index (χ0n) is 14.0. The monoisotopic (exact) mass is 364 g/mol. The van der Waals surface area contributed by atoms with Crippen molar-refractivity contribution in [2.75, 3.05) is 7.11 Å². The molecule has 0 aliphatic heterocycles. The summed E-state index contributed by atoms with van der Waals surface area (Å²) < 4.78 is 4.68. The summed E-state index contributed by atoms with van der Waals surface area (Å²) in [5.74, 6) is -0.553. The molecule has 0 spiro atoms. The van der Waals surface area contributed by atoms with Crippen LogP contribution in [0.15, 0.2) is 47.3 Å². The number of nitro groups is 1. The lowest BCUT2D eigenvalue weighted by Gasteiger charge is -2.04. The van der Waals surface area contributed by atoms with E-state index in [0.717, 1.165) is 0 Å². The highest BCUT2D eigenvalue weighted by molar-refractivity contribution is 5.98. The number of carbonyl (C=O) groups excluding carboxylic acids is 1. The van der Waals surface area contributed by atoms with Gasteiger partial charge in [0.05, 0.1) is 39.5 Å². The first kappa shape index (κ1) is 16.5. The van der Waals surface area contributed by atoms with E-state index in [-0.39, 0.29) is 22.6 Å². The lowest BCUT2D eigenvalue weighted by atomic mass is 10.1. The number of ether oxygens (including phenoxy) is 1. The highest BCUT2D eigenvalue weighted by Crippen LogP contribution is 2.34. The number of aromatic amines is 2. The van der Waals surface area contributed by atoms with Gasteiger partial charge in [0.25, 0.3) is 5.56 Å². The molecular formula is C18H12N4O5. The molecule has 2 N–H and O–H groups in total. The van der Waals surface area contributed by atoms with Gasteiger partial charge in [0.1, 0.15) is 5.69 Å². The Hall–Kier alpha value is -4.01. The quantitative estimate of drug-likeness (QED) is 0.326. The smallest absolute Gasteiger partial charge is 0.337 e. The molecule has 0 saturated heterocycles. The van der Waals surface area contributed by atoms with Gasteiger partial charge in [-0.3, -0.25) is 14.9 Å². The van der Waals surface area contributed by atoms with Crippen molar-refractivity contribution >= 4 is 33.6 Å². The summed E-state index contributed by atoms with van der Waals surface area (Å²) >= 11 is 0. The van der Waals surface area contributed by atoms with E-state index in [1.807, 2.05) is 0 Å². The Morgan fingerprint density at radius 3 is 2.67 bits per heavy atom. The minimum Gasteiger partial charge on any atom is -0.465 e. The second-order valence-electron chi connectivity index (χ2n) is 5.79. The first-order chi connectivity index (χ1) is 13.0. The number of methoxy groups -OCH3 is 1. The fourth-order valence-electron chi connectivity index (χ4n) is 2.98. The molecule has 134 valence electrons. The Kier molecular flexibility index (Phi) is 3.69. The zero-order chi connectivity index (χ0) is 19.1. The van der Waals surface area contributed by atoms with Gasteiger partial charge in [-0.05, 0) is 30.3 Å². The van der Waals surface area contributed by atoms with Crippen LogP contribution in [-0.2, 0) is 4.74 Å². The van der Waals surface area contributed by atoms with Crippen LogP contribution in [0.1, 0.15) is 10.4 Å². The number of nitrogens with zero attached hydrogens (tertiary/aromatic N) is 2. The van der Waals surface area contributed by atoms with Gasteiger partial charge in [-0.2, -0.15) is 0 Å². The summed E-state index contributed by atoms with van der Waals surface area (Å²) in [6.45, 7) is 0. The van der Waals surface area contributed by atoms with Crippen LogP contribution in [0.25, 0.3) is 33.3 Å². The number of fused-ring (bicyclic) bond motifs is 2. The fraction of sp³-hybridized carbons (Fsp3) is 0.0556. The van der Waals surface area contributed by atoms with Gasteiger partial charge in [-0.25, -0.2) is 9.78 Å². The van der Waals surface area contributed by atoms with Crippen LogP contribution >= 0.6 is 0 Å². The number of esters is 1. The summed E-state index contributed by atoms with van der Waals surface area (Å²) in [4.78, 5) is 45.1. The SMILES string of the molecule is COC(=O)c1ccc2[nH]c(=O)c(-c3[nH]c4ccccc4c3[N+](=O)[O-])nc2c1.